The van der Waals surface area contributed by atoms with Gasteiger partial charge in [-0.1, -0.05) is 18.2 Å². The predicted octanol–water partition coefficient (Wildman–Crippen LogP) is 1.63. The van der Waals surface area contributed by atoms with E-state index in [-0.39, 0.29) is 11.5 Å². The smallest absolute Gasteiger partial charge is 0.289 e. The molecule has 0 saturated carbocycles. The van der Waals surface area contributed by atoms with Crippen LogP contribution >= 0.6 is 0 Å². The first-order valence-corrected chi connectivity index (χ1v) is 10.3. The second kappa shape index (κ2) is 8.19. The van der Waals surface area contributed by atoms with E-state index in [2.05, 4.69) is 15.1 Å². The molecular formula is C22H22N6O3. The third kappa shape index (κ3) is 3.99. The molecule has 9 nitrogen and oxygen atoms in total. The van der Waals surface area contributed by atoms with Crippen molar-refractivity contribution in [2.45, 2.75) is 6.54 Å². The summed E-state index contributed by atoms with van der Waals surface area (Å²) in [6.07, 6.45) is 3.46. The average Bonchev–Trinajstić information content (AvgIpc) is 3.48. The number of para-hydroxylation sites is 1. The predicted molar refractivity (Wildman–Crippen MR) is 114 cm³/mol. The van der Waals surface area contributed by atoms with Crippen molar-refractivity contribution in [2.75, 3.05) is 32.7 Å². The highest BCUT2D eigenvalue weighted by atomic mass is 16.3. The van der Waals surface area contributed by atoms with E-state index >= 15 is 0 Å². The van der Waals surface area contributed by atoms with Gasteiger partial charge in [-0.2, -0.15) is 5.10 Å². The molecule has 0 bridgehead atoms. The van der Waals surface area contributed by atoms with Crippen LogP contribution in [-0.2, 0) is 6.54 Å². The van der Waals surface area contributed by atoms with Crippen molar-refractivity contribution in [1.29, 1.82) is 0 Å². The number of piperazine rings is 1. The second-order valence-corrected chi connectivity index (χ2v) is 7.49. The molecule has 0 atom stereocenters. The molecule has 0 radical (unpaired) electrons. The van der Waals surface area contributed by atoms with Crippen molar-refractivity contribution in [3.05, 3.63) is 77.0 Å². The minimum absolute atomic E-state index is 0.0827. The fourth-order valence-electron chi connectivity index (χ4n) is 3.78. The van der Waals surface area contributed by atoms with Crippen LogP contribution in [0.1, 0.15) is 10.6 Å². The van der Waals surface area contributed by atoms with Crippen LogP contribution in [0.3, 0.4) is 0 Å². The summed E-state index contributed by atoms with van der Waals surface area (Å²) in [6, 6.07) is 14.4. The highest BCUT2D eigenvalue weighted by Gasteiger charge is 2.24. The lowest BCUT2D eigenvalue weighted by atomic mass is 10.2. The number of carbonyl (C=O) groups excluding carboxylic acids is 1. The van der Waals surface area contributed by atoms with Gasteiger partial charge < -0.3 is 9.32 Å². The highest BCUT2D eigenvalue weighted by molar-refractivity contribution is 5.96. The number of rotatable bonds is 5. The maximum Gasteiger partial charge on any atom is 0.289 e. The molecule has 0 spiro atoms. The van der Waals surface area contributed by atoms with Gasteiger partial charge in [0.05, 0.1) is 6.54 Å². The van der Waals surface area contributed by atoms with Crippen molar-refractivity contribution >= 4 is 16.9 Å². The summed E-state index contributed by atoms with van der Waals surface area (Å²) in [4.78, 5) is 29.0. The van der Waals surface area contributed by atoms with Gasteiger partial charge in [-0.3, -0.25) is 14.5 Å². The average molecular weight is 418 g/mol. The van der Waals surface area contributed by atoms with Crippen LogP contribution in [0.5, 0.6) is 0 Å². The van der Waals surface area contributed by atoms with Gasteiger partial charge in [0.25, 0.3) is 11.5 Å². The number of benzene rings is 1. The number of hydrogen-bond acceptors (Lipinski definition) is 6. The molecule has 4 aromatic rings. The van der Waals surface area contributed by atoms with E-state index in [9.17, 15) is 9.59 Å². The second-order valence-electron chi connectivity index (χ2n) is 7.49. The topological polar surface area (TPSA) is 89.4 Å². The largest absolute Gasteiger partial charge is 0.451 e. The number of aromatic nitrogens is 4. The monoisotopic (exact) mass is 418 g/mol. The number of hydrogen-bond donors (Lipinski definition) is 0. The van der Waals surface area contributed by atoms with E-state index in [1.807, 2.05) is 35.2 Å². The van der Waals surface area contributed by atoms with Gasteiger partial charge in [0, 0.05) is 56.6 Å². The van der Waals surface area contributed by atoms with E-state index in [1.165, 1.54) is 10.7 Å². The molecule has 31 heavy (non-hydrogen) atoms. The molecule has 1 saturated heterocycles. The summed E-state index contributed by atoms with van der Waals surface area (Å²) >= 11 is 0. The van der Waals surface area contributed by atoms with E-state index in [1.54, 1.807) is 29.2 Å². The lowest BCUT2D eigenvalue weighted by Crippen LogP contribution is -2.49. The molecule has 1 aliphatic heterocycles. The maximum atomic E-state index is 12.8. The van der Waals surface area contributed by atoms with Crippen molar-refractivity contribution in [3.63, 3.8) is 0 Å². The fourth-order valence-corrected chi connectivity index (χ4v) is 3.78. The number of nitrogens with zero attached hydrogens (tertiary/aromatic N) is 6. The molecule has 5 rings (SSSR count). The van der Waals surface area contributed by atoms with E-state index in [0.29, 0.717) is 37.8 Å². The molecule has 0 aliphatic carbocycles. The van der Waals surface area contributed by atoms with E-state index in [4.69, 9.17) is 4.42 Å². The van der Waals surface area contributed by atoms with E-state index < -0.39 is 0 Å². The summed E-state index contributed by atoms with van der Waals surface area (Å²) in [5.74, 6) is 0.896. The van der Waals surface area contributed by atoms with Crippen LogP contribution in [0.15, 0.2) is 70.1 Å². The Labute approximate surface area is 178 Å². The summed E-state index contributed by atoms with van der Waals surface area (Å²) in [7, 11) is 0. The first kappa shape index (κ1) is 19.3. The Morgan fingerprint density at radius 3 is 2.61 bits per heavy atom. The minimum Gasteiger partial charge on any atom is -0.451 e. The number of furan rings is 1. The van der Waals surface area contributed by atoms with E-state index in [0.717, 1.165) is 24.1 Å². The summed E-state index contributed by atoms with van der Waals surface area (Å²) in [6.45, 7) is 3.86. The van der Waals surface area contributed by atoms with Crippen LogP contribution in [0.2, 0.25) is 0 Å². The first-order valence-electron chi connectivity index (χ1n) is 10.3. The molecule has 9 heteroatoms. The van der Waals surface area contributed by atoms with Gasteiger partial charge in [-0.25, -0.2) is 9.36 Å². The Morgan fingerprint density at radius 2 is 1.84 bits per heavy atom. The van der Waals surface area contributed by atoms with Crippen molar-refractivity contribution in [2.24, 2.45) is 0 Å². The zero-order chi connectivity index (χ0) is 21.2. The van der Waals surface area contributed by atoms with Crippen molar-refractivity contribution in [1.82, 2.24) is 29.4 Å². The Balaban J connectivity index is 1.18. The molecule has 158 valence electrons. The van der Waals surface area contributed by atoms with Gasteiger partial charge in [0.2, 0.25) is 0 Å². The first-order chi connectivity index (χ1) is 15.2. The number of carbonyl (C=O) groups is 1. The van der Waals surface area contributed by atoms with Crippen molar-refractivity contribution < 1.29 is 9.21 Å². The molecule has 0 N–H and O–H groups in total. The lowest BCUT2D eigenvalue weighted by Gasteiger charge is -2.34. The molecule has 0 unspecified atom stereocenters. The zero-order valence-corrected chi connectivity index (χ0v) is 16.9. The maximum absolute atomic E-state index is 12.8. The summed E-state index contributed by atoms with van der Waals surface area (Å²) in [5.41, 5.74) is 0.578. The number of fused-ring (bicyclic) bond motifs is 1. The summed E-state index contributed by atoms with van der Waals surface area (Å²) < 4.78 is 8.80. The third-order valence-electron chi connectivity index (χ3n) is 5.52. The Bertz CT molecular complexity index is 1220. The van der Waals surface area contributed by atoms with Crippen LogP contribution in [0.4, 0.5) is 0 Å². The Hall–Kier alpha value is -3.72. The van der Waals surface area contributed by atoms with Crippen LogP contribution < -0.4 is 5.56 Å². The van der Waals surface area contributed by atoms with Crippen LogP contribution in [0, 0.1) is 0 Å². The Kier molecular flexibility index (Phi) is 5.09. The van der Waals surface area contributed by atoms with Crippen molar-refractivity contribution in [3.8, 4) is 5.82 Å². The third-order valence-corrected chi connectivity index (χ3v) is 5.52. The van der Waals surface area contributed by atoms with Gasteiger partial charge in [-0.15, -0.1) is 5.10 Å². The van der Waals surface area contributed by atoms with Gasteiger partial charge in [0.1, 0.15) is 5.58 Å². The SMILES string of the molecule is O=C(c1cc2ccccc2o1)N1CCN(CCn2nc(-n3cccn3)ccc2=O)CC1. The molecule has 1 fully saturated rings. The van der Waals surface area contributed by atoms with Gasteiger partial charge in [-0.05, 0) is 24.3 Å². The summed E-state index contributed by atoms with van der Waals surface area (Å²) in [5, 5.41) is 9.49. The molecule has 4 heterocycles. The molecule has 3 aromatic heterocycles. The Morgan fingerprint density at radius 1 is 1.00 bits per heavy atom. The highest BCUT2D eigenvalue weighted by Crippen LogP contribution is 2.20. The molecule has 1 amide bonds. The quantitative estimate of drug-likeness (QED) is 0.490. The standard InChI is InChI=1S/C22H22N6O3/c29-21-7-6-20(27-9-3-8-23-27)24-28(21)15-12-25-10-13-26(14-11-25)22(30)19-16-17-4-1-2-5-18(17)31-19/h1-9,16H,10-15H2. The zero-order valence-electron chi connectivity index (χ0n) is 16.9. The molecular weight excluding hydrogens is 396 g/mol. The fraction of sp³-hybridized carbons (Fsp3) is 0.273. The molecule has 1 aromatic carbocycles. The minimum atomic E-state index is -0.144. The van der Waals surface area contributed by atoms with Gasteiger partial charge in [0.15, 0.2) is 11.6 Å². The molecule has 1 aliphatic rings. The number of amides is 1. The van der Waals surface area contributed by atoms with Gasteiger partial charge >= 0.3 is 0 Å². The van der Waals surface area contributed by atoms with Crippen LogP contribution in [-0.4, -0.2) is 68.0 Å². The normalized spacial score (nSPS) is 14.9. The van der Waals surface area contributed by atoms with Crippen LogP contribution in [0.25, 0.3) is 16.8 Å². The lowest BCUT2D eigenvalue weighted by molar-refractivity contribution is 0.0603.